The molecule has 0 saturated carbocycles. The first-order valence-corrected chi connectivity index (χ1v) is 8.37. The third-order valence-corrected chi connectivity index (χ3v) is 4.60. The molecule has 1 fully saturated rings. The van der Waals surface area contributed by atoms with Crippen molar-refractivity contribution >= 4 is 46.4 Å². The van der Waals surface area contributed by atoms with E-state index in [1.165, 1.54) is 0 Å². The lowest BCUT2D eigenvalue weighted by molar-refractivity contribution is -0.120. The molecule has 8 heteroatoms. The number of carbonyl (C=O) groups is 1. The van der Waals surface area contributed by atoms with Gasteiger partial charge in [0, 0.05) is 31.2 Å². The van der Waals surface area contributed by atoms with Crippen LogP contribution in [0, 0.1) is 5.92 Å². The maximum atomic E-state index is 12.6. The monoisotopic (exact) mass is 365 g/mol. The van der Waals surface area contributed by atoms with Crippen LogP contribution in [0.5, 0.6) is 0 Å². The topological polar surface area (TPSA) is 84.1 Å². The van der Waals surface area contributed by atoms with E-state index < -0.39 is 0 Å². The fourth-order valence-corrected chi connectivity index (χ4v) is 3.22. The van der Waals surface area contributed by atoms with Crippen LogP contribution in [-0.2, 0) is 4.79 Å². The summed E-state index contributed by atoms with van der Waals surface area (Å²) >= 11 is 12.0. The molecule has 1 atom stereocenters. The zero-order valence-electron chi connectivity index (χ0n) is 12.9. The van der Waals surface area contributed by atoms with Crippen molar-refractivity contribution < 1.29 is 4.79 Å². The quantitative estimate of drug-likeness (QED) is 0.815. The minimum atomic E-state index is -0.155. The van der Waals surface area contributed by atoms with Crippen molar-refractivity contribution in [3.63, 3.8) is 0 Å². The second-order valence-electron chi connectivity index (χ2n) is 5.68. The number of amides is 1. The third kappa shape index (κ3) is 3.71. The highest BCUT2D eigenvalue weighted by molar-refractivity contribution is 6.39. The van der Waals surface area contributed by atoms with E-state index in [1.807, 2.05) is 4.90 Å². The van der Waals surface area contributed by atoms with Crippen LogP contribution in [0.1, 0.15) is 12.8 Å². The largest absolute Gasteiger partial charge is 0.396 e. The number of nitrogens with one attached hydrogen (secondary N) is 1. The first-order chi connectivity index (χ1) is 11.5. The molecule has 2 heterocycles. The molecular weight excluding hydrogens is 349 g/mol. The van der Waals surface area contributed by atoms with Gasteiger partial charge in [0.05, 0.1) is 21.7 Å². The van der Waals surface area contributed by atoms with Crippen molar-refractivity contribution in [2.75, 3.05) is 29.0 Å². The van der Waals surface area contributed by atoms with E-state index in [9.17, 15) is 4.79 Å². The summed E-state index contributed by atoms with van der Waals surface area (Å²) in [7, 11) is 0. The summed E-state index contributed by atoms with van der Waals surface area (Å²) in [5, 5.41) is 3.50. The summed E-state index contributed by atoms with van der Waals surface area (Å²) in [6.45, 7) is 1.42. The summed E-state index contributed by atoms with van der Waals surface area (Å²) in [6.07, 6.45) is 5.11. The van der Waals surface area contributed by atoms with Gasteiger partial charge in [-0.15, -0.1) is 0 Å². The van der Waals surface area contributed by atoms with E-state index in [0.717, 1.165) is 19.4 Å². The first kappa shape index (κ1) is 16.8. The van der Waals surface area contributed by atoms with Gasteiger partial charge in [0.15, 0.2) is 0 Å². The van der Waals surface area contributed by atoms with Crippen LogP contribution < -0.4 is 16.0 Å². The SMILES string of the molecule is Nc1c(Cl)cc(NC(=O)C2CCCN(c3ncccn3)C2)cc1Cl. The highest BCUT2D eigenvalue weighted by Gasteiger charge is 2.27. The molecule has 2 aromatic rings. The number of halogens is 2. The van der Waals surface area contributed by atoms with Gasteiger partial charge in [-0.1, -0.05) is 23.2 Å². The number of anilines is 3. The molecule has 24 heavy (non-hydrogen) atoms. The maximum absolute atomic E-state index is 12.6. The molecule has 126 valence electrons. The Bertz CT molecular complexity index is 717. The number of hydrogen-bond donors (Lipinski definition) is 2. The molecule has 0 aliphatic carbocycles. The predicted octanol–water partition coefficient (Wildman–Crippen LogP) is 3.22. The first-order valence-electron chi connectivity index (χ1n) is 7.62. The summed E-state index contributed by atoms with van der Waals surface area (Å²) in [5.74, 6) is 0.416. The van der Waals surface area contributed by atoms with Crippen LogP contribution in [0.25, 0.3) is 0 Å². The number of nitrogens with two attached hydrogens (primary N) is 1. The Kier molecular flexibility index (Phi) is 5.06. The third-order valence-electron chi connectivity index (χ3n) is 3.97. The van der Waals surface area contributed by atoms with Gasteiger partial charge in [0.2, 0.25) is 11.9 Å². The number of carbonyl (C=O) groups excluding carboxylic acids is 1. The molecule has 0 spiro atoms. The van der Waals surface area contributed by atoms with Crippen LogP contribution in [-0.4, -0.2) is 29.0 Å². The Labute approximate surface area is 150 Å². The van der Waals surface area contributed by atoms with Crippen LogP contribution in [0.2, 0.25) is 10.0 Å². The second kappa shape index (κ2) is 7.23. The lowest BCUT2D eigenvalue weighted by Gasteiger charge is -2.31. The molecule has 3 rings (SSSR count). The number of nitrogen functional groups attached to an aromatic ring is 1. The van der Waals surface area contributed by atoms with Crippen LogP contribution in [0.4, 0.5) is 17.3 Å². The zero-order valence-corrected chi connectivity index (χ0v) is 14.4. The molecule has 3 N–H and O–H groups in total. The number of benzene rings is 1. The fourth-order valence-electron chi connectivity index (χ4n) is 2.73. The average molecular weight is 366 g/mol. The number of rotatable bonds is 3. The number of piperidine rings is 1. The fraction of sp³-hybridized carbons (Fsp3) is 0.312. The molecule has 1 aromatic carbocycles. The van der Waals surface area contributed by atoms with Gasteiger partial charge in [-0.3, -0.25) is 4.79 Å². The lowest BCUT2D eigenvalue weighted by atomic mass is 9.97. The molecule has 1 aliphatic rings. The Morgan fingerprint density at radius 1 is 1.25 bits per heavy atom. The number of hydrogen-bond acceptors (Lipinski definition) is 5. The molecule has 1 aromatic heterocycles. The Morgan fingerprint density at radius 2 is 1.92 bits per heavy atom. The van der Waals surface area contributed by atoms with Crippen molar-refractivity contribution in [3.8, 4) is 0 Å². The van der Waals surface area contributed by atoms with E-state index >= 15 is 0 Å². The summed E-state index contributed by atoms with van der Waals surface area (Å²) in [4.78, 5) is 23.1. The summed E-state index contributed by atoms with van der Waals surface area (Å²) in [6, 6.07) is 4.97. The molecule has 1 aliphatic heterocycles. The number of aromatic nitrogens is 2. The van der Waals surface area contributed by atoms with Crippen LogP contribution >= 0.6 is 23.2 Å². The molecular formula is C16H17Cl2N5O. The van der Waals surface area contributed by atoms with E-state index in [0.29, 0.717) is 33.9 Å². The highest BCUT2D eigenvalue weighted by Crippen LogP contribution is 2.31. The van der Waals surface area contributed by atoms with Gasteiger partial charge in [0.25, 0.3) is 0 Å². The number of nitrogens with zero attached hydrogens (tertiary/aromatic N) is 3. The van der Waals surface area contributed by atoms with Gasteiger partial charge in [-0.2, -0.15) is 0 Å². The molecule has 1 saturated heterocycles. The van der Waals surface area contributed by atoms with Gasteiger partial charge in [-0.05, 0) is 31.0 Å². The summed E-state index contributed by atoms with van der Waals surface area (Å²) < 4.78 is 0. The minimum absolute atomic E-state index is 0.0764. The van der Waals surface area contributed by atoms with Crippen molar-refractivity contribution in [1.29, 1.82) is 0 Å². The van der Waals surface area contributed by atoms with Crippen molar-refractivity contribution in [3.05, 3.63) is 40.6 Å². The molecule has 1 amide bonds. The normalized spacial score (nSPS) is 17.6. The standard InChI is InChI=1S/C16H17Cl2N5O/c17-12-7-11(8-13(18)14(12)19)22-15(24)10-3-1-6-23(9-10)16-20-4-2-5-21-16/h2,4-5,7-8,10H,1,3,6,9,19H2,(H,22,24). The van der Waals surface area contributed by atoms with Gasteiger partial charge in [0.1, 0.15) is 0 Å². The maximum Gasteiger partial charge on any atom is 0.229 e. The van der Waals surface area contributed by atoms with E-state index in [1.54, 1.807) is 30.6 Å². The van der Waals surface area contributed by atoms with Crippen LogP contribution in [0.15, 0.2) is 30.6 Å². The molecule has 6 nitrogen and oxygen atoms in total. The van der Waals surface area contributed by atoms with E-state index in [4.69, 9.17) is 28.9 Å². The Morgan fingerprint density at radius 3 is 2.58 bits per heavy atom. The zero-order chi connectivity index (χ0) is 17.1. The van der Waals surface area contributed by atoms with Crippen molar-refractivity contribution in [1.82, 2.24) is 9.97 Å². The minimum Gasteiger partial charge on any atom is -0.396 e. The van der Waals surface area contributed by atoms with Gasteiger partial charge in [-0.25, -0.2) is 9.97 Å². The smallest absolute Gasteiger partial charge is 0.229 e. The van der Waals surface area contributed by atoms with Gasteiger partial charge >= 0.3 is 0 Å². The molecule has 0 radical (unpaired) electrons. The lowest BCUT2D eigenvalue weighted by Crippen LogP contribution is -2.41. The highest BCUT2D eigenvalue weighted by atomic mass is 35.5. The van der Waals surface area contributed by atoms with Crippen molar-refractivity contribution in [2.24, 2.45) is 5.92 Å². The van der Waals surface area contributed by atoms with Crippen molar-refractivity contribution in [2.45, 2.75) is 12.8 Å². The second-order valence-corrected chi connectivity index (χ2v) is 6.49. The molecule has 1 unspecified atom stereocenters. The Hall–Kier alpha value is -2.05. The summed E-state index contributed by atoms with van der Waals surface area (Å²) in [5.41, 5.74) is 6.56. The van der Waals surface area contributed by atoms with E-state index in [-0.39, 0.29) is 11.8 Å². The molecule has 0 bridgehead atoms. The Balaban J connectivity index is 1.69. The average Bonchev–Trinajstić information content (AvgIpc) is 2.60. The van der Waals surface area contributed by atoms with E-state index in [2.05, 4.69) is 15.3 Å². The predicted molar refractivity (Wildman–Crippen MR) is 96.5 cm³/mol. The van der Waals surface area contributed by atoms with Crippen LogP contribution in [0.3, 0.4) is 0 Å². The van der Waals surface area contributed by atoms with Gasteiger partial charge < -0.3 is 16.0 Å².